The first kappa shape index (κ1) is 18.3. The van der Waals surface area contributed by atoms with Gasteiger partial charge < -0.3 is 26.7 Å². The molecule has 28 heavy (non-hydrogen) atoms. The van der Waals surface area contributed by atoms with E-state index in [-0.39, 0.29) is 5.41 Å². The zero-order valence-corrected chi connectivity index (χ0v) is 16.2. The van der Waals surface area contributed by atoms with Gasteiger partial charge in [0.2, 0.25) is 0 Å². The van der Waals surface area contributed by atoms with E-state index in [1.54, 1.807) is 6.33 Å². The molecule has 0 unspecified atom stereocenters. The normalized spacial score (nSPS) is 16.3. The number of piperidine rings is 1. The van der Waals surface area contributed by atoms with Crippen molar-refractivity contribution in [1.29, 1.82) is 0 Å². The van der Waals surface area contributed by atoms with Crippen LogP contribution in [0, 0.1) is 12.3 Å². The third-order valence-corrected chi connectivity index (χ3v) is 5.88. The molecule has 1 saturated heterocycles. The molecule has 7 heteroatoms. The van der Waals surface area contributed by atoms with Gasteiger partial charge in [0.15, 0.2) is 0 Å². The number of nitrogens with one attached hydrogen (secondary N) is 2. The lowest BCUT2D eigenvalue weighted by molar-refractivity contribution is 0.285. The molecule has 1 fully saturated rings. The number of hydrogen-bond acceptors (Lipinski definition) is 6. The minimum absolute atomic E-state index is 0.169. The van der Waals surface area contributed by atoms with Crippen LogP contribution in [0.1, 0.15) is 18.4 Å². The van der Waals surface area contributed by atoms with Gasteiger partial charge in [0.1, 0.15) is 17.8 Å². The van der Waals surface area contributed by atoms with E-state index in [4.69, 9.17) is 11.5 Å². The highest BCUT2D eigenvalue weighted by atomic mass is 15.2. The van der Waals surface area contributed by atoms with Crippen LogP contribution in [0.4, 0.5) is 17.2 Å². The molecule has 0 saturated carbocycles. The highest BCUT2D eigenvalue weighted by Gasteiger charge is 2.37. The van der Waals surface area contributed by atoms with Crippen LogP contribution in [-0.2, 0) is 0 Å². The van der Waals surface area contributed by atoms with Gasteiger partial charge in [-0.25, -0.2) is 9.97 Å². The predicted octanol–water partition coefficient (Wildman–Crippen LogP) is 3.02. The van der Waals surface area contributed by atoms with Crippen LogP contribution in [0.25, 0.3) is 11.0 Å². The number of fused-ring (bicyclic) bond motifs is 1. The van der Waals surface area contributed by atoms with E-state index in [1.807, 2.05) is 37.4 Å². The maximum atomic E-state index is 6.23. The minimum Gasteiger partial charge on any atom is -0.397 e. The van der Waals surface area contributed by atoms with Crippen LogP contribution < -0.4 is 21.7 Å². The van der Waals surface area contributed by atoms with Gasteiger partial charge in [-0.1, -0.05) is 12.6 Å². The third-order valence-electron chi connectivity index (χ3n) is 5.88. The Morgan fingerprint density at radius 2 is 2.07 bits per heavy atom. The Morgan fingerprint density at radius 3 is 2.79 bits per heavy atom. The van der Waals surface area contributed by atoms with Crippen molar-refractivity contribution in [2.45, 2.75) is 19.8 Å². The van der Waals surface area contributed by atoms with Crippen molar-refractivity contribution in [1.82, 2.24) is 15.0 Å². The fourth-order valence-electron chi connectivity index (χ4n) is 3.98. The number of nitrogens with two attached hydrogens (primary N) is 2. The van der Waals surface area contributed by atoms with Gasteiger partial charge in [0, 0.05) is 36.9 Å². The average Bonchev–Trinajstić information content (AvgIpc) is 3.19. The quantitative estimate of drug-likeness (QED) is 0.509. The predicted molar refractivity (Wildman–Crippen MR) is 115 cm³/mol. The topological polar surface area (TPSA) is 109 Å². The molecule has 7 nitrogen and oxygen atoms in total. The van der Waals surface area contributed by atoms with E-state index in [0.29, 0.717) is 6.54 Å². The number of aromatic nitrogens is 3. The minimum atomic E-state index is -0.169. The van der Waals surface area contributed by atoms with Crippen LogP contribution in [0.15, 0.2) is 49.1 Å². The van der Waals surface area contributed by atoms with Gasteiger partial charge in [-0.15, -0.1) is 0 Å². The summed E-state index contributed by atoms with van der Waals surface area (Å²) in [6, 6.07) is 8.03. The lowest BCUT2D eigenvalue weighted by Gasteiger charge is -2.43. The summed E-state index contributed by atoms with van der Waals surface area (Å²) in [6.45, 7) is 8.62. The first-order valence-corrected chi connectivity index (χ1v) is 9.58. The Morgan fingerprint density at radius 1 is 1.29 bits per heavy atom. The standard InChI is InChI=1S/C21H27N7/c1-14-3-4-18(17(23)11-14)27-15(2)21(12-22)6-9-28(10-7-21)20-16-5-8-24-19(16)25-13-26-20/h3-5,8,11,13,27H,2,6-7,9-10,12,22-23H2,1H3,(H,24,25,26). The van der Waals surface area contributed by atoms with Crippen molar-refractivity contribution in [3.63, 3.8) is 0 Å². The second-order valence-corrected chi connectivity index (χ2v) is 7.60. The molecule has 1 aromatic carbocycles. The molecule has 6 N–H and O–H groups in total. The second kappa shape index (κ2) is 7.16. The summed E-state index contributed by atoms with van der Waals surface area (Å²) in [4.78, 5) is 14.3. The Bertz CT molecular complexity index is 999. The molecule has 0 radical (unpaired) electrons. The Balaban J connectivity index is 1.50. The van der Waals surface area contributed by atoms with Crippen LogP contribution in [0.3, 0.4) is 0 Å². The lowest BCUT2D eigenvalue weighted by atomic mass is 9.75. The molecule has 3 heterocycles. The maximum Gasteiger partial charge on any atom is 0.142 e. The molecule has 1 aliphatic rings. The summed E-state index contributed by atoms with van der Waals surface area (Å²) in [6.07, 6.45) is 5.31. The van der Waals surface area contributed by atoms with Crippen LogP contribution in [-0.4, -0.2) is 34.6 Å². The van der Waals surface area contributed by atoms with Gasteiger partial charge >= 0.3 is 0 Å². The second-order valence-electron chi connectivity index (χ2n) is 7.60. The largest absolute Gasteiger partial charge is 0.397 e. The first-order valence-electron chi connectivity index (χ1n) is 9.58. The summed E-state index contributed by atoms with van der Waals surface area (Å²) < 4.78 is 0. The molecule has 0 atom stereocenters. The number of hydrogen-bond donors (Lipinski definition) is 4. The summed E-state index contributed by atoms with van der Waals surface area (Å²) in [5, 5.41) is 4.48. The summed E-state index contributed by atoms with van der Waals surface area (Å²) in [5.74, 6) is 0.971. The van der Waals surface area contributed by atoms with Crippen molar-refractivity contribution in [3.8, 4) is 0 Å². The van der Waals surface area contributed by atoms with Gasteiger partial charge in [-0.2, -0.15) is 0 Å². The lowest BCUT2D eigenvalue weighted by Crippen LogP contribution is -2.46. The molecule has 0 aliphatic carbocycles. The summed E-state index contributed by atoms with van der Waals surface area (Å²) in [7, 11) is 0. The zero-order chi connectivity index (χ0) is 19.7. The van der Waals surface area contributed by atoms with Crippen molar-refractivity contribution >= 4 is 28.2 Å². The Hall–Kier alpha value is -3.06. The number of H-pyrrole nitrogens is 1. The number of nitrogens with zero attached hydrogens (tertiary/aromatic N) is 3. The monoisotopic (exact) mass is 377 g/mol. The smallest absolute Gasteiger partial charge is 0.142 e. The van der Waals surface area contributed by atoms with Crippen molar-refractivity contribution < 1.29 is 0 Å². The first-order chi connectivity index (χ1) is 13.5. The fourth-order valence-corrected chi connectivity index (χ4v) is 3.98. The molecule has 1 aliphatic heterocycles. The molecule has 146 valence electrons. The Kier molecular flexibility index (Phi) is 4.68. The van der Waals surface area contributed by atoms with Crippen LogP contribution >= 0.6 is 0 Å². The molecule has 3 aromatic rings. The number of aromatic amines is 1. The third kappa shape index (κ3) is 3.18. The summed E-state index contributed by atoms with van der Waals surface area (Å²) in [5.41, 5.74) is 16.8. The van der Waals surface area contributed by atoms with E-state index in [0.717, 1.165) is 65.4 Å². The Labute approximate surface area is 164 Å². The fraction of sp³-hybridized carbons (Fsp3) is 0.333. The molecule has 4 rings (SSSR count). The SMILES string of the molecule is C=C(Nc1ccc(C)cc1N)C1(CN)CCN(c2ncnc3[nH]ccc23)CC1. The van der Waals surface area contributed by atoms with Crippen LogP contribution in [0.5, 0.6) is 0 Å². The van der Waals surface area contributed by atoms with E-state index in [1.165, 1.54) is 0 Å². The molecule has 2 aromatic heterocycles. The average molecular weight is 377 g/mol. The van der Waals surface area contributed by atoms with Gasteiger partial charge in [0.25, 0.3) is 0 Å². The molecule has 0 bridgehead atoms. The number of nitrogen functional groups attached to an aromatic ring is 1. The van der Waals surface area contributed by atoms with E-state index < -0.39 is 0 Å². The summed E-state index contributed by atoms with van der Waals surface area (Å²) >= 11 is 0. The van der Waals surface area contributed by atoms with Gasteiger partial charge in [0.05, 0.1) is 16.8 Å². The highest BCUT2D eigenvalue weighted by molar-refractivity contribution is 5.87. The van der Waals surface area contributed by atoms with Crippen molar-refractivity contribution in [2.24, 2.45) is 11.1 Å². The number of rotatable bonds is 5. The molecular formula is C21H27N7. The number of anilines is 3. The van der Waals surface area contributed by atoms with Crippen molar-refractivity contribution in [3.05, 3.63) is 54.6 Å². The van der Waals surface area contributed by atoms with Crippen LogP contribution in [0.2, 0.25) is 0 Å². The van der Waals surface area contributed by atoms with Gasteiger partial charge in [-0.3, -0.25) is 0 Å². The molecular weight excluding hydrogens is 350 g/mol. The van der Waals surface area contributed by atoms with Gasteiger partial charge in [-0.05, 0) is 43.5 Å². The highest BCUT2D eigenvalue weighted by Crippen LogP contribution is 2.39. The molecule has 0 spiro atoms. The maximum absolute atomic E-state index is 6.23. The van der Waals surface area contributed by atoms with Crippen molar-refractivity contribution in [2.75, 3.05) is 35.6 Å². The van der Waals surface area contributed by atoms with E-state index >= 15 is 0 Å². The van der Waals surface area contributed by atoms with E-state index in [2.05, 4.69) is 31.7 Å². The number of benzene rings is 1. The number of aryl methyl sites for hydroxylation is 1. The zero-order valence-electron chi connectivity index (χ0n) is 16.2. The molecule has 0 amide bonds. The van der Waals surface area contributed by atoms with E-state index in [9.17, 15) is 0 Å².